The van der Waals surface area contributed by atoms with E-state index in [9.17, 15) is 38.6 Å². The number of aliphatic carboxylic acids is 1. The zero-order chi connectivity index (χ0) is 37.3. The summed E-state index contributed by atoms with van der Waals surface area (Å²) in [6.45, 7) is 0.622. The minimum Gasteiger partial charge on any atom is -0.505 e. The molecule has 0 saturated carbocycles. The third-order valence-corrected chi connectivity index (χ3v) is 11.8. The molecule has 18 heteroatoms. The topological polar surface area (TPSA) is 160 Å². The van der Waals surface area contributed by atoms with Crippen LogP contribution in [-0.4, -0.2) is 79.1 Å². The predicted molar refractivity (Wildman–Crippen MR) is 193 cm³/mol. The number of carbonyl (C=O) groups is 5. The highest BCUT2D eigenvalue weighted by Crippen LogP contribution is 2.42. The van der Waals surface area contributed by atoms with E-state index in [2.05, 4.69) is 10.6 Å². The van der Waals surface area contributed by atoms with E-state index in [-0.39, 0.29) is 51.9 Å². The summed E-state index contributed by atoms with van der Waals surface area (Å²) in [6, 6.07) is 9.16. The molecule has 0 spiro atoms. The normalized spacial score (nSPS) is 19.1. The number of hydrogen-bond acceptors (Lipinski definition) is 8. The van der Waals surface area contributed by atoms with Gasteiger partial charge in [0.05, 0.1) is 20.8 Å². The number of hydrogen-bond donors (Lipinski definition) is 4. The SMILES string of the molecule is O=C(C[n+]1ccc(CN2CCC(=CC3=C(C(=O)O)N4C(=O)[C@@H](NC(=O)CSc5cc(Cl)c(Cl)cc5Cl)[C@H]4SC3)C2=O)cc1)Nc1ccc(O)c(F)c1. The highest BCUT2D eigenvalue weighted by atomic mass is 35.5. The number of β-lactam (4-membered cyclic amide) rings is 1. The maximum atomic E-state index is 13.6. The number of carboxylic acid groups (broad SMARTS) is 1. The van der Waals surface area contributed by atoms with E-state index in [4.69, 9.17) is 34.8 Å². The Kier molecular flexibility index (Phi) is 11.4. The van der Waals surface area contributed by atoms with Crippen molar-refractivity contribution in [3.8, 4) is 5.75 Å². The van der Waals surface area contributed by atoms with Gasteiger partial charge in [0.25, 0.3) is 11.8 Å². The Morgan fingerprint density at radius 2 is 1.77 bits per heavy atom. The molecule has 270 valence electrons. The molecule has 0 radical (unpaired) electrons. The Hall–Kier alpha value is -4.28. The number of phenols is 1. The molecule has 4 heterocycles. The van der Waals surface area contributed by atoms with Gasteiger partial charge < -0.3 is 25.7 Å². The first-order chi connectivity index (χ1) is 24.8. The average molecular weight is 808 g/mol. The van der Waals surface area contributed by atoms with Crippen LogP contribution in [0.5, 0.6) is 5.75 Å². The van der Waals surface area contributed by atoms with Crippen molar-refractivity contribution in [2.45, 2.75) is 35.8 Å². The Morgan fingerprint density at radius 3 is 2.48 bits per heavy atom. The number of thioether (sulfide) groups is 2. The molecule has 52 heavy (non-hydrogen) atoms. The lowest BCUT2D eigenvalue weighted by molar-refractivity contribution is -0.684. The van der Waals surface area contributed by atoms with Crippen molar-refractivity contribution in [2.75, 3.05) is 23.4 Å². The smallest absolute Gasteiger partial charge is 0.352 e. The lowest BCUT2D eigenvalue weighted by atomic mass is 10.0. The van der Waals surface area contributed by atoms with Crippen LogP contribution in [0.25, 0.3) is 0 Å². The monoisotopic (exact) mass is 806 g/mol. The summed E-state index contributed by atoms with van der Waals surface area (Å²) in [6.07, 6.45) is 5.27. The Balaban J connectivity index is 1.04. The number of nitrogens with zero attached hydrogens (tertiary/aromatic N) is 3. The van der Waals surface area contributed by atoms with Crippen molar-refractivity contribution in [3.63, 3.8) is 0 Å². The molecule has 0 aliphatic carbocycles. The number of allylic oxidation sites excluding steroid dienone is 1. The van der Waals surface area contributed by atoms with Gasteiger partial charge in [0.2, 0.25) is 18.4 Å². The highest BCUT2D eigenvalue weighted by Gasteiger charge is 2.54. The molecule has 4 amide bonds. The molecule has 2 fully saturated rings. The first-order valence-electron chi connectivity index (χ1n) is 15.5. The van der Waals surface area contributed by atoms with Crippen LogP contribution in [0.3, 0.4) is 0 Å². The highest BCUT2D eigenvalue weighted by molar-refractivity contribution is 8.00. The van der Waals surface area contributed by atoms with Crippen LogP contribution in [0.4, 0.5) is 10.1 Å². The average Bonchev–Trinajstić information content (AvgIpc) is 3.44. The number of phenolic OH excluding ortho intramolecular Hbond substituents is 1. The number of carbonyl (C=O) groups excluding carboxylic acids is 4. The zero-order valence-corrected chi connectivity index (χ0v) is 30.7. The molecular weight excluding hydrogens is 780 g/mol. The van der Waals surface area contributed by atoms with Crippen LogP contribution in [0.1, 0.15) is 12.0 Å². The molecule has 0 unspecified atom stereocenters. The number of aromatic hydroxyl groups is 1. The molecular formula is C34H28Cl3FN5O7S2+. The van der Waals surface area contributed by atoms with Crippen LogP contribution in [0.2, 0.25) is 15.1 Å². The second-order valence-electron chi connectivity index (χ2n) is 11.9. The number of rotatable bonds is 11. The minimum atomic E-state index is -1.32. The van der Waals surface area contributed by atoms with Gasteiger partial charge in [-0.05, 0) is 47.9 Å². The summed E-state index contributed by atoms with van der Waals surface area (Å²) in [7, 11) is 0. The molecule has 0 bridgehead atoms. The van der Waals surface area contributed by atoms with Gasteiger partial charge in [-0.1, -0.05) is 34.8 Å². The first kappa shape index (κ1) is 37.5. The zero-order valence-electron chi connectivity index (χ0n) is 26.8. The largest absolute Gasteiger partial charge is 0.505 e. The summed E-state index contributed by atoms with van der Waals surface area (Å²) in [5, 5.41) is 24.9. The van der Waals surface area contributed by atoms with Gasteiger partial charge >= 0.3 is 5.97 Å². The van der Waals surface area contributed by atoms with Crippen LogP contribution < -0.4 is 15.2 Å². The van der Waals surface area contributed by atoms with Crippen molar-refractivity contribution in [2.24, 2.45) is 0 Å². The lowest BCUT2D eigenvalue weighted by Crippen LogP contribution is -2.70. The molecule has 2 saturated heterocycles. The maximum Gasteiger partial charge on any atom is 0.352 e. The van der Waals surface area contributed by atoms with E-state index in [0.29, 0.717) is 34.0 Å². The van der Waals surface area contributed by atoms with E-state index < -0.39 is 46.7 Å². The number of pyridine rings is 1. The molecule has 2 atom stereocenters. The quantitative estimate of drug-likeness (QED) is 0.0542. The number of fused-ring (bicyclic) bond motifs is 1. The number of anilines is 1. The van der Waals surface area contributed by atoms with Gasteiger partial charge in [0.15, 0.2) is 24.0 Å². The Morgan fingerprint density at radius 1 is 1.04 bits per heavy atom. The number of likely N-dealkylation sites (tertiary alicyclic amines) is 1. The predicted octanol–water partition coefficient (Wildman–Crippen LogP) is 4.61. The van der Waals surface area contributed by atoms with Gasteiger partial charge in [0, 0.05) is 53.2 Å². The number of carboxylic acids is 1. The van der Waals surface area contributed by atoms with E-state index in [1.165, 1.54) is 23.9 Å². The van der Waals surface area contributed by atoms with E-state index in [1.54, 1.807) is 46.1 Å². The molecule has 4 N–H and O–H groups in total. The third-order valence-electron chi connectivity index (χ3n) is 8.30. The Labute approximate surface area is 319 Å². The second kappa shape index (κ2) is 15.8. The van der Waals surface area contributed by atoms with Crippen molar-refractivity contribution in [3.05, 3.63) is 104 Å². The van der Waals surface area contributed by atoms with E-state index in [1.807, 2.05) is 0 Å². The number of halogens is 4. The minimum absolute atomic E-state index is 0.0563. The molecule has 3 aliphatic rings. The molecule has 1 aromatic heterocycles. The summed E-state index contributed by atoms with van der Waals surface area (Å²) >= 11 is 20.6. The first-order valence-corrected chi connectivity index (χ1v) is 18.7. The van der Waals surface area contributed by atoms with E-state index in [0.717, 1.165) is 34.4 Å². The Bertz CT molecular complexity index is 2070. The van der Waals surface area contributed by atoms with E-state index >= 15 is 0 Å². The number of amides is 4. The lowest BCUT2D eigenvalue weighted by Gasteiger charge is -2.49. The fraction of sp³-hybridized carbons (Fsp3) is 0.235. The fourth-order valence-electron chi connectivity index (χ4n) is 5.76. The van der Waals surface area contributed by atoms with Crippen molar-refractivity contribution >= 4 is 93.6 Å². The van der Waals surface area contributed by atoms with Crippen molar-refractivity contribution in [1.29, 1.82) is 0 Å². The van der Waals surface area contributed by atoms with Gasteiger partial charge in [-0.3, -0.25) is 24.1 Å². The maximum absolute atomic E-state index is 13.6. The standard InChI is InChI=1S/C34H27Cl3FN5O7S2/c35-21-11-23(37)26(12-22(21)36)51-16-28(46)40-29-32(48)43-30(34(49)50)19(15-52-33(29)43)9-18-5-8-42(31(18)47)13-17-3-6-41(7-4-17)14-27(45)39-20-1-2-25(44)24(38)10-20/h1-4,6-7,9-12,29,33H,5,8,13-16H2,(H3-,39,40,44,45,46,49,50)/p+1/t29-,33-/m1/s1. The van der Waals surface area contributed by atoms with Crippen LogP contribution in [-0.2, 0) is 37.1 Å². The van der Waals surface area contributed by atoms with Crippen molar-refractivity contribution in [1.82, 2.24) is 15.1 Å². The van der Waals surface area contributed by atoms with Crippen LogP contribution in [0.15, 0.2) is 82.7 Å². The molecule has 2 aromatic carbocycles. The second-order valence-corrected chi connectivity index (χ2v) is 15.2. The van der Waals surface area contributed by atoms with Crippen LogP contribution in [0, 0.1) is 5.82 Å². The summed E-state index contributed by atoms with van der Waals surface area (Å²) in [5.74, 6) is -4.22. The summed E-state index contributed by atoms with van der Waals surface area (Å²) in [4.78, 5) is 67.3. The third kappa shape index (κ3) is 8.18. The van der Waals surface area contributed by atoms with Crippen LogP contribution >= 0.6 is 58.3 Å². The number of aromatic nitrogens is 1. The summed E-state index contributed by atoms with van der Waals surface area (Å²) < 4.78 is 15.2. The number of benzene rings is 2. The number of nitrogens with one attached hydrogen (secondary N) is 2. The fourth-order valence-corrected chi connectivity index (χ4v) is 8.61. The molecule has 12 nitrogen and oxygen atoms in total. The van der Waals surface area contributed by atoms with Gasteiger partial charge in [-0.2, -0.15) is 4.57 Å². The van der Waals surface area contributed by atoms with Gasteiger partial charge in [-0.25, -0.2) is 9.18 Å². The van der Waals surface area contributed by atoms with Crippen molar-refractivity contribution < 1.29 is 43.1 Å². The molecule has 3 aliphatic heterocycles. The summed E-state index contributed by atoms with van der Waals surface area (Å²) in [5.41, 5.74) is 1.52. The molecule has 3 aromatic rings. The van der Waals surface area contributed by atoms with Gasteiger partial charge in [-0.15, -0.1) is 23.5 Å². The molecule has 6 rings (SSSR count). The van der Waals surface area contributed by atoms with Gasteiger partial charge in [0.1, 0.15) is 17.1 Å².